The number of carbonyl (C=O) groups excluding carboxylic acids is 1. The van der Waals surface area contributed by atoms with Crippen LogP contribution in [0.4, 0.5) is 5.00 Å². The Morgan fingerprint density at radius 2 is 2.24 bits per heavy atom. The topological polar surface area (TPSA) is 87.1 Å². The molecule has 1 atom stereocenters. The van der Waals surface area contributed by atoms with Crippen molar-refractivity contribution in [1.29, 1.82) is 0 Å². The summed E-state index contributed by atoms with van der Waals surface area (Å²) in [6, 6.07) is 7.96. The Labute approximate surface area is 149 Å². The minimum atomic E-state index is -0.271. The molecule has 0 saturated heterocycles. The summed E-state index contributed by atoms with van der Waals surface area (Å²) in [6.07, 6.45) is 3.59. The summed E-state index contributed by atoms with van der Waals surface area (Å²) < 4.78 is 1.00. The molecule has 3 aromatic heterocycles. The van der Waals surface area contributed by atoms with Crippen LogP contribution in [0.25, 0.3) is 10.1 Å². The number of thiophene rings is 1. The van der Waals surface area contributed by atoms with Gasteiger partial charge < -0.3 is 15.7 Å². The molecule has 3 aromatic rings. The molecule has 0 spiro atoms. The van der Waals surface area contributed by atoms with Crippen molar-refractivity contribution in [3.8, 4) is 0 Å². The molecule has 0 aliphatic heterocycles. The number of nitrogens with one attached hydrogen (secondary N) is 2. The van der Waals surface area contributed by atoms with E-state index in [1.807, 2.05) is 37.4 Å². The minimum Gasteiger partial charge on any atom is -0.395 e. The summed E-state index contributed by atoms with van der Waals surface area (Å²) in [6.45, 7) is 4.05. The molecule has 3 rings (SSSR count). The van der Waals surface area contributed by atoms with Gasteiger partial charge in [0, 0.05) is 34.7 Å². The van der Waals surface area contributed by atoms with Gasteiger partial charge in [-0.2, -0.15) is 0 Å². The second-order valence-corrected chi connectivity index (χ2v) is 6.85. The smallest absolute Gasteiger partial charge is 0.270 e. The highest BCUT2D eigenvalue weighted by molar-refractivity contribution is 7.22. The number of aromatic nitrogens is 2. The van der Waals surface area contributed by atoms with E-state index in [0.717, 1.165) is 26.3 Å². The van der Waals surface area contributed by atoms with Crippen molar-refractivity contribution in [2.75, 3.05) is 18.5 Å². The standard InChI is InChI=1S/C18H20N4O2S/c1-11-8-15-14(17(21-11)18(24)20-6-7-23)9-16(25-15)22-12(2)13-4-3-5-19-10-13/h3-5,8-10,12,22-23H,6-7H2,1-2H3,(H,20,24)/t12-/m0/s1. The van der Waals surface area contributed by atoms with Crippen molar-refractivity contribution in [2.24, 2.45) is 0 Å². The summed E-state index contributed by atoms with van der Waals surface area (Å²) in [5.74, 6) is -0.271. The van der Waals surface area contributed by atoms with Crippen LogP contribution >= 0.6 is 11.3 Å². The lowest BCUT2D eigenvalue weighted by Gasteiger charge is -2.13. The number of carbonyl (C=O) groups is 1. The van der Waals surface area contributed by atoms with Gasteiger partial charge in [-0.25, -0.2) is 4.98 Å². The van der Waals surface area contributed by atoms with Crippen molar-refractivity contribution in [2.45, 2.75) is 19.9 Å². The first kappa shape index (κ1) is 17.3. The molecule has 3 N–H and O–H groups in total. The maximum Gasteiger partial charge on any atom is 0.270 e. The predicted molar refractivity (Wildman–Crippen MR) is 100 cm³/mol. The van der Waals surface area contributed by atoms with Gasteiger partial charge >= 0.3 is 0 Å². The van der Waals surface area contributed by atoms with Crippen molar-refractivity contribution < 1.29 is 9.90 Å². The van der Waals surface area contributed by atoms with Crippen LogP contribution in [0.15, 0.2) is 36.7 Å². The first-order valence-corrected chi connectivity index (χ1v) is 8.87. The van der Waals surface area contributed by atoms with Crippen LogP contribution < -0.4 is 10.6 Å². The van der Waals surface area contributed by atoms with Crippen molar-refractivity contribution in [3.63, 3.8) is 0 Å². The molecule has 0 unspecified atom stereocenters. The van der Waals surface area contributed by atoms with Crippen LogP contribution in [0.2, 0.25) is 0 Å². The molecule has 25 heavy (non-hydrogen) atoms. The first-order chi connectivity index (χ1) is 12.1. The van der Waals surface area contributed by atoms with Crippen molar-refractivity contribution >= 4 is 32.3 Å². The predicted octanol–water partition coefficient (Wildman–Crippen LogP) is 2.89. The SMILES string of the molecule is Cc1cc2sc(N[C@@H](C)c3cccnc3)cc2c(C(=O)NCCO)n1. The summed E-state index contributed by atoms with van der Waals surface area (Å²) in [7, 11) is 0. The number of nitrogens with zero attached hydrogens (tertiary/aromatic N) is 2. The lowest BCUT2D eigenvalue weighted by molar-refractivity contribution is 0.0941. The molecule has 3 heterocycles. The number of aliphatic hydroxyl groups excluding tert-OH is 1. The Balaban J connectivity index is 1.90. The molecule has 7 heteroatoms. The molecule has 1 amide bonds. The summed E-state index contributed by atoms with van der Waals surface area (Å²) in [4.78, 5) is 20.8. The normalized spacial score (nSPS) is 12.1. The highest BCUT2D eigenvalue weighted by Gasteiger charge is 2.16. The fourth-order valence-corrected chi connectivity index (χ4v) is 3.73. The average molecular weight is 356 g/mol. The van der Waals surface area contributed by atoms with Gasteiger partial charge in [0.2, 0.25) is 0 Å². The van der Waals surface area contributed by atoms with Gasteiger partial charge in [0.05, 0.1) is 17.6 Å². The zero-order valence-electron chi connectivity index (χ0n) is 14.1. The molecule has 0 aliphatic carbocycles. The van der Waals surface area contributed by atoms with E-state index in [2.05, 4.69) is 27.5 Å². The quantitative estimate of drug-likeness (QED) is 0.632. The van der Waals surface area contributed by atoms with E-state index in [1.165, 1.54) is 0 Å². The van der Waals surface area contributed by atoms with E-state index in [-0.39, 0.29) is 25.1 Å². The zero-order valence-corrected chi connectivity index (χ0v) is 14.9. The monoisotopic (exact) mass is 356 g/mol. The Hall–Kier alpha value is -2.51. The first-order valence-electron chi connectivity index (χ1n) is 8.05. The maximum absolute atomic E-state index is 12.3. The van der Waals surface area contributed by atoms with E-state index < -0.39 is 0 Å². The fraction of sp³-hybridized carbons (Fsp3) is 0.278. The summed E-state index contributed by atoms with van der Waals surface area (Å²) >= 11 is 1.59. The molecule has 0 aromatic carbocycles. The third-order valence-corrected chi connectivity index (χ3v) is 4.81. The lowest BCUT2D eigenvalue weighted by atomic mass is 10.1. The maximum atomic E-state index is 12.3. The van der Waals surface area contributed by atoms with Gasteiger partial charge in [-0.05, 0) is 37.6 Å². The van der Waals surface area contributed by atoms with Crippen LogP contribution in [0.5, 0.6) is 0 Å². The van der Waals surface area contributed by atoms with E-state index in [1.54, 1.807) is 17.5 Å². The third-order valence-electron chi connectivity index (χ3n) is 3.80. The van der Waals surface area contributed by atoms with E-state index in [4.69, 9.17) is 5.11 Å². The number of aryl methyl sites for hydroxylation is 1. The zero-order chi connectivity index (χ0) is 17.8. The Bertz CT molecular complexity index is 879. The number of hydrogen-bond acceptors (Lipinski definition) is 6. The molecular formula is C18H20N4O2S. The van der Waals surface area contributed by atoms with Crippen LogP contribution in [0.1, 0.15) is 34.7 Å². The van der Waals surface area contributed by atoms with E-state index in [9.17, 15) is 4.79 Å². The molecular weight excluding hydrogens is 336 g/mol. The number of hydrogen-bond donors (Lipinski definition) is 3. The lowest BCUT2D eigenvalue weighted by Crippen LogP contribution is -2.27. The molecule has 0 radical (unpaired) electrons. The molecule has 0 saturated carbocycles. The molecule has 0 fully saturated rings. The van der Waals surface area contributed by atoms with Gasteiger partial charge in [0.15, 0.2) is 0 Å². The van der Waals surface area contributed by atoms with Crippen LogP contribution in [0, 0.1) is 6.92 Å². The Kier molecular flexibility index (Phi) is 5.25. The largest absolute Gasteiger partial charge is 0.395 e. The molecule has 6 nitrogen and oxygen atoms in total. The Morgan fingerprint density at radius 1 is 1.40 bits per heavy atom. The number of fused-ring (bicyclic) bond motifs is 1. The van der Waals surface area contributed by atoms with Crippen LogP contribution in [-0.2, 0) is 0 Å². The minimum absolute atomic E-state index is 0.0975. The van der Waals surface area contributed by atoms with Crippen LogP contribution in [-0.4, -0.2) is 34.1 Å². The number of amides is 1. The van der Waals surface area contributed by atoms with E-state index in [0.29, 0.717) is 5.69 Å². The van der Waals surface area contributed by atoms with Gasteiger partial charge in [0.25, 0.3) is 5.91 Å². The highest BCUT2D eigenvalue weighted by atomic mass is 32.1. The van der Waals surface area contributed by atoms with Gasteiger partial charge in [-0.3, -0.25) is 9.78 Å². The number of rotatable bonds is 6. The Morgan fingerprint density at radius 3 is 2.96 bits per heavy atom. The van der Waals surface area contributed by atoms with Crippen molar-refractivity contribution in [3.05, 3.63) is 53.6 Å². The molecule has 0 bridgehead atoms. The summed E-state index contributed by atoms with van der Waals surface area (Å²) in [5, 5.41) is 16.8. The second-order valence-electron chi connectivity index (χ2n) is 5.77. The fourth-order valence-electron chi connectivity index (χ4n) is 2.58. The highest BCUT2D eigenvalue weighted by Crippen LogP contribution is 2.34. The van der Waals surface area contributed by atoms with Gasteiger partial charge in [-0.1, -0.05) is 6.07 Å². The molecule has 0 aliphatic rings. The summed E-state index contributed by atoms with van der Waals surface area (Å²) in [5.41, 5.74) is 2.27. The molecule has 130 valence electrons. The number of anilines is 1. The number of pyridine rings is 2. The second kappa shape index (κ2) is 7.58. The van der Waals surface area contributed by atoms with Crippen molar-refractivity contribution in [1.82, 2.24) is 15.3 Å². The van der Waals surface area contributed by atoms with Crippen LogP contribution in [0.3, 0.4) is 0 Å². The van der Waals surface area contributed by atoms with Gasteiger partial charge in [0.1, 0.15) is 5.69 Å². The third kappa shape index (κ3) is 3.94. The number of aliphatic hydroxyl groups is 1. The average Bonchev–Trinajstić information content (AvgIpc) is 3.01. The van der Waals surface area contributed by atoms with E-state index >= 15 is 0 Å². The van der Waals surface area contributed by atoms with Gasteiger partial charge in [-0.15, -0.1) is 11.3 Å².